The Morgan fingerprint density at radius 2 is 1.72 bits per heavy atom. The first kappa shape index (κ1) is 19.5. The highest BCUT2D eigenvalue weighted by Gasteiger charge is 2.25. The minimum atomic E-state index is 0.00873. The van der Waals surface area contributed by atoms with E-state index in [2.05, 4.69) is 0 Å². The van der Waals surface area contributed by atoms with Gasteiger partial charge in [-0.2, -0.15) is 0 Å². The number of benzene rings is 1. The molecule has 1 aromatic heterocycles. The second-order valence-corrected chi connectivity index (χ2v) is 7.51. The van der Waals surface area contributed by atoms with E-state index in [-0.39, 0.29) is 17.7 Å². The average Bonchev–Trinajstić information content (AvgIpc) is 3.33. The van der Waals surface area contributed by atoms with Crippen LogP contribution in [0.3, 0.4) is 0 Å². The first-order valence-corrected chi connectivity index (χ1v) is 10.1. The lowest BCUT2D eigenvalue weighted by Crippen LogP contribution is -2.41. The number of carbonyl (C=O) groups excluding carboxylic acids is 2. The van der Waals surface area contributed by atoms with Crippen molar-refractivity contribution in [2.75, 3.05) is 46.0 Å². The molecule has 0 spiro atoms. The van der Waals surface area contributed by atoms with Crippen molar-refractivity contribution in [1.82, 2.24) is 9.80 Å². The molecule has 0 radical (unpaired) electrons. The molecule has 4 rings (SSSR count). The molecule has 2 fully saturated rings. The standard InChI is InChI=1S/C22H26N2O5/c25-21(23-9-12-27-13-10-23)18-3-5-20(6-4-18)29-15-17-2-1-8-24(14-17)22(26)19-7-11-28-16-19/h3-7,11,16-17H,1-2,8-10,12-15H2/t17-/m1/s1. The van der Waals surface area contributed by atoms with Crippen LogP contribution in [0.1, 0.15) is 33.6 Å². The number of rotatable bonds is 5. The number of piperidine rings is 1. The molecular formula is C22H26N2O5. The van der Waals surface area contributed by atoms with Gasteiger partial charge in [0.2, 0.25) is 0 Å². The monoisotopic (exact) mass is 398 g/mol. The smallest absolute Gasteiger partial charge is 0.257 e. The predicted octanol–water partition coefficient (Wildman–Crippen LogP) is 2.68. The minimum Gasteiger partial charge on any atom is -0.493 e. The lowest BCUT2D eigenvalue weighted by Gasteiger charge is -2.32. The first-order valence-electron chi connectivity index (χ1n) is 10.1. The number of amides is 2. The molecule has 0 saturated carbocycles. The molecular weight excluding hydrogens is 372 g/mol. The molecule has 0 unspecified atom stereocenters. The molecule has 29 heavy (non-hydrogen) atoms. The molecule has 3 heterocycles. The van der Waals surface area contributed by atoms with Crippen molar-refractivity contribution in [2.45, 2.75) is 12.8 Å². The van der Waals surface area contributed by atoms with E-state index in [0.717, 1.165) is 25.1 Å². The summed E-state index contributed by atoms with van der Waals surface area (Å²) in [4.78, 5) is 28.7. The van der Waals surface area contributed by atoms with Crippen LogP contribution >= 0.6 is 0 Å². The fourth-order valence-electron chi connectivity index (χ4n) is 3.81. The van der Waals surface area contributed by atoms with Gasteiger partial charge in [-0.05, 0) is 43.2 Å². The predicted molar refractivity (Wildman–Crippen MR) is 106 cm³/mol. The Morgan fingerprint density at radius 3 is 2.45 bits per heavy atom. The van der Waals surface area contributed by atoms with Crippen LogP contribution in [0.2, 0.25) is 0 Å². The van der Waals surface area contributed by atoms with Crippen molar-refractivity contribution >= 4 is 11.8 Å². The number of hydrogen-bond donors (Lipinski definition) is 0. The van der Waals surface area contributed by atoms with E-state index < -0.39 is 0 Å². The third kappa shape index (κ3) is 4.79. The van der Waals surface area contributed by atoms with Crippen LogP contribution in [0.4, 0.5) is 0 Å². The van der Waals surface area contributed by atoms with Gasteiger partial charge in [-0.15, -0.1) is 0 Å². The highest BCUT2D eigenvalue weighted by molar-refractivity contribution is 5.94. The largest absolute Gasteiger partial charge is 0.493 e. The molecule has 2 saturated heterocycles. The number of nitrogens with zero attached hydrogens (tertiary/aromatic N) is 2. The van der Waals surface area contributed by atoms with E-state index in [9.17, 15) is 9.59 Å². The molecule has 0 aliphatic carbocycles. The topological polar surface area (TPSA) is 72.2 Å². The summed E-state index contributed by atoms with van der Waals surface area (Å²) in [6.45, 7) is 4.44. The lowest BCUT2D eigenvalue weighted by atomic mass is 9.98. The molecule has 1 atom stereocenters. The summed E-state index contributed by atoms with van der Waals surface area (Å²) in [5.41, 5.74) is 1.25. The van der Waals surface area contributed by atoms with Crippen molar-refractivity contribution < 1.29 is 23.5 Å². The number of carbonyl (C=O) groups is 2. The van der Waals surface area contributed by atoms with Crippen LogP contribution in [-0.4, -0.2) is 67.6 Å². The maximum Gasteiger partial charge on any atom is 0.257 e. The minimum absolute atomic E-state index is 0.00873. The number of ether oxygens (including phenoxy) is 2. The Bertz CT molecular complexity index is 812. The summed E-state index contributed by atoms with van der Waals surface area (Å²) in [5.74, 6) is 1.06. The van der Waals surface area contributed by atoms with E-state index in [1.807, 2.05) is 34.1 Å². The lowest BCUT2D eigenvalue weighted by molar-refractivity contribution is 0.0303. The zero-order valence-corrected chi connectivity index (χ0v) is 16.4. The van der Waals surface area contributed by atoms with E-state index in [1.165, 1.54) is 12.5 Å². The Labute approximate surface area is 170 Å². The third-order valence-corrected chi connectivity index (χ3v) is 5.46. The van der Waals surface area contributed by atoms with Crippen molar-refractivity contribution in [3.8, 4) is 5.75 Å². The van der Waals surface area contributed by atoms with Gasteiger partial charge in [0.05, 0.1) is 31.6 Å². The normalized spacial score (nSPS) is 19.8. The van der Waals surface area contributed by atoms with Gasteiger partial charge in [-0.3, -0.25) is 9.59 Å². The van der Waals surface area contributed by atoms with Gasteiger partial charge in [0.15, 0.2) is 0 Å². The van der Waals surface area contributed by atoms with Crippen LogP contribution in [0, 0.1) is 5.92 Å². The van der Waals surface area contributed by atoms with Crippen LogP contribution in [0.5, 0.6) is 5.75 Å². The summed E-state index contributed by atoms with van der Waals surface area (Å²) < 4.78 is 16.3. The van der Waals surface area contributed by atoms with Crippen LogP contribution in [-0.2, 0) is 4.74 Å². The fraction of sp³-hybridized carbons (Fsp3) is 0.455. The number of morpholine rings is 1. The maximum absolute atomic E-state index is 12.5. The molecule has 7 heteroatoms. The van der Waals surface area contributed by atoms with E-state index in [1.54, 1.807) is 6.07 Å². The van der Waals surface area contributed by atoms with Gasteiger partial charge in [0.25, 0.3) is 11.8 Å². The van der Waals surface area contributed by atoms with E-state index in [4.69, 9.17) is 13.9 Å². The van der Waals surface area contributed by atoms with Crippen LogP contribution in [0.25, 0.3) is 0 Å². The second kappa shape index (κ2) is 9.13. The van der Waals surface area contributed by atoms with E-state index >= 15 is 0 Å². The van der Waals surface area contributed by atoms with Gasteiger partial charge in [-0.25, -0.2) is 0 Å². The molecule has 0 N–H and O–H groups in total. The van der Waals surface area contributed by atoms with Crippen LogP contribution in [0.15, 0.2) is 47.3 Å². The SMILES string of the molecule is O=C(c1ccc(OC[C@@H]2CCCN(C(=O)c3ccoc3)C2)cc1)N1CCOCC1. The first-order chi connectivity index (χ1) is 14.2. The molecule has 0 bridgehead atoms. The van der Waals surface area contributed by atoms with Crippen molar-refractivity contribution in [3.63, 3.8) is 0 Å². The van der Waals surface area contributed by atoms with Crippen molar-refractivity contribution in [1.29, 1.82) is 0 Å². The van der Waals surface area contributed by atoms with Gasteiger partial charge >= 0.3 is 0 Å². The molecule has 2 aliphatic heterocycles. The summed E-state index contributed by atoms with van der Waals surface area (Å²) in [6, 6.07) is 8.99. The van der Waals surface area contributed by atoms with Crippen molar-refractivity contribution in [2.24, 2.45) is 5.92 Å². The maximum atomic E-state index is 12.5. The molecule has 1 aromatic carbocycles. The van der Waals surface area contributed by atoms with Crippen LogP contribution < -0.4 is 4.74 Å². The van der Waals surface area contributed by atoms with E-state index in [0.29, 0.717) is 50.6 Å². The summed E-state index contributed by atoms with van der Waals surface area (Å²) in [7, 11) is 0. The Hall–Kier alpha value is -2.80. The van der Waals surface area contributed by atoms with Gasteiger partial charge < -0.3 is 23.7 Å². The summed E-state index contributed by atoms with van der Waals surface area (Å²) >= 11 is 0. The Balaban J connectivity index is 1.28. The third-order valence-electron chi connectivity index (χ3n) is 5.46. The molecule has 7 nitrogen and oxygen atoms in total. The highest BCUT2D eigenvalue weighted by Crippen LogP contribution is 2.21. The molecule has 2 aromatic rings. The zero-order chi connectivity index (χ0) is 20.1. The molecule has 2 aliphatic rings. The fourth-order valence-corrected chi connectivity index (χ4v) is 3.81. The second-order valence-electron chi connectivity index (χ2n) is 7.51. The number of furan rings is 1. The van der Waals surface area contributed by atoms with Crippen molar-refractivity contribution in [3.05, 3.63) is 54.0 Å². The zero-order valence-electron chi connectivity index (χ0n) is 16.4. The quantitative estimate of drug-likeness (QED) is 0.774. The number of likely N-dealkylation sites (tertiary alicyclic amines) is 1. The molecule has 154 valence electrons. The molecule has 2 amide bonds. The summed E-state index contributed by atoms with van der Waals surface area (Å²) in [6.07, 6.45) is 5.00. The Morgan fingerprint density at radius 1 is 0.966 bits per heavy atom. The number of hydrogen-bond acceptors (Lipinski definition) is 5. The van der Waals surface area contributed by atoms with Gasteiger partial charge in [0, 0.05) is 37.7 Å². The van der Waals surface area contributed by atoms with Gasteiger partial charge in [-0.1, -0.05) is 0 Å². The summed E-state index contributed by atoms with van der Waals surface area (Å²) in [5, 5.41) is 0. The Kier molecular flexibility index (Phi) is 6.14. The highest BCUT2D eigenvalue weighted by atomic mass is 16.5. The van der Waals surface area contributed by atoms with Gasteiger partial charge in [0.1, 0.15) is 12.0 Å². The average molecular weight is 398 g/mol.